The molecule has 1 aliphatic rings. The average molecular weight is 192 g/mol. The van der Waals surface area contributed by atoms with E-state index in [-0.39, 0.29) is 0 Å². The van der Waals surface area contributed by atoms with Crippen molar-refractivity contribution in [3.63, 3.8) is 0 Å². The van der Waals surface area contributed by atoms with Crippen LogP contribution in [0.4, 0.5) is 5.69 Å². The Balaban J connectivity index is 1.82. The van der Waals surface area contributed by atoms with Crippen molar-refractivity contribution in [3.05, 3.63) is 24.5 Å². The maximum atomic E-state index is 3.98. The zero-order valence-corrected chi connectivity index (χ0v) is 8.33. The first kappa shape index (κ1) is 9.43. The van der Waals surface area contributed by atoms with Gasteiger partial charge in [0.15, 0.2) is 0 Å². The highest BCUT2D eigenvalue weighted by Crippen LogP contribution is 2.09. The molecule has 1 saturated heterocycles. The van der Waals surface area contributed by atoms with E-state index in [1.165, 1.54) is 0 Å². The van der Waals surface area contributed by atoms with Crippen molar-refractivity contribution in [2.24, 2.45) is 5.92 Å². The van der Waals surface area contributed by atoms with Gasteiger partial charge in [0.1, 0.15) is 0 Å². The molecule has 0 bridgehead atoms. The van der Waals surface area contributed by atoms with E-state index in [1.54, 1.807) is 12.4 Å². The summed E-state index contributed by atoms with van der Waals surface area (Å²) in [6.45, 7) is 4.21. The predicted octanol–water partition coefficient (Wildman–Crippen LogP) is 0.606. The summed E-state index contributed by atoms with van der Waals surface area (Å²) in [7, 11) is 0. The number of rotatable bonds is 3. The lowest BCUT2D eigenvalue weighted by atomic mass is 10.0. The van der Waals surface area contributed by atoms with E-state index in [0.29, 0.717) is 12.0 Å². The Hall–Kier alpha value is -1.13. The second kappa shape index (κ2) is 4.39. The van der Waals surface area contributed by atoms with Gasteiger partial charge in [-0.25, -0.2) is 0 Å². The number of nitrogens with zero attached hydrogens (tertiary/aromatic N) is 1. The number of aromatic nitrogens is 1. The van der Waals surface area contributed by atoms with Crippen molar-refractivity contribution in [1.29, 1.82) is 0 Å². The van der Waals surface area contributed by atoms with Crippen molar-refractivity contribution in [1.82, 2.24) is 15.8 Å². The van der Waals surface area contributed by atoms with Crippen LogP contribution in [0.5, 0.6) is 0 Å². The molecule has 1 aliphatic heterocycles. The molecule has 0 spiro atoms. The van der Waals surface area contributed by atoms with Crippen molar-refractivity contribution < 1.29 is 0 Å². The molecule has 2 atom stereocenters. The largest absolute Gasteiger partial charge is 0.385 e. The first-order valence-corrected chi connectivity index (χ1v) is 4.98. The van der Waals surface area contributed by atoms with Crippen molar-refractivity contribution >= 4 is 5.69 Å². The summed E-state index contributed by atoms with van der Waals surface area (Å²) in [4.78, 5) is 3.98. The van der Waals surface area contributed by atoms with E-state index in [2.05, 4.69) is 28.1 Å². The Kier molecular flexibility index (Phi) is 2.96. The molecule has 3 N–H and O–H groups in total. The zero-order chi connectivity index (χ0) is 9.80. The third-order valence-corrected chi connectivity index (χ3v) is 2.65. The fourth-order valence-corrected chi connectivity index (χ4v) is 1.61. The van der Waals surface area contributed by atoms with E-state index >= 15 is 0 Å². The Morgan fingerprint density at radius 3 is 2.93 bits per heavy atom. The van der Waals surface area contributed by atoms with Gasteiger partial charge in [-0.15, -0.1) is 0 Å². The number of anilines is 1. The fourth-order valence-electron chi connectivity index (χ4n) is 1.61. The van der Waals surface area contributed by atoms with Crippen LogP contribution < -0.4 is 16.2 Å². The maximum absolute atomic E-state index is 3.98. The summed E-state index contributed by atoms with van der Waals surface area (Å²) in [5.41, 5.74) is 7.50. The van der Waals surface area contributed by atoms with Crippen LogP contribution in [-0.2, 0) is 0 Å². The topological polar surface area (TPSA) is 49.0 Å². The number of nitrogens with one attached hydrogen (secondary N) is 3. The molecule has 0 radical (unpaired) electrons. The molecule has 14 heavy (non-hydrogen) atoms. The molecule has 2 heterocycles. The first-order chi connectivity index (χ1) is 6.86. The Morgan fingerprint density at radius 1 is 1.50 bits per heavy atom. The Bertz CT molecular complexity index is 275. The summed E-state index contributed by atoms with van der Waals surface area (Å²) in [6, 6.07) is 4.50. The molecule has 2 unspecified atom stereocenters. The smallest absolute Gasteiger partial charge is 0.0371 e. The van der Waals surface area contributed by atoms with Gasteiger partial charge in [0.2, 0.25) is 0 Å². The number of hydrogen-bond acceptors (Lipinski definition) is 4. The minimum atomic E-state index is 0.532. The molecule has 0 aliphatic carbocycles. The van der Waals surface area contributed by atoms with Crippen molar-refractivity contribution in [2.75, 3.05) is 18.4 Å². The summed E-state index contributed by atoms with van der Waals surface area (Å²) in [5, 5.41) is 3.40. The van der Waals surface area contributed by atoms with Crippen LogP contribution in [0, 0.1) is 5.92 Å². The lowest BCUT2D eigenvalue weighted by molar-refractivity contribution is 0.509. The van der Waals surface area contributed by atoms with Crippen molar-refractivity contribution in [2.45, 2.75) is 13.0 Å². The summed E-state index contributed by atoms with van der Waals surface area (Å²) >= 11 is 0. The SMILES string of the molecule is CC1NNCC1CNc1ccncc1. The molecule has 0 saturated carbocycles. The van der Waals surface area contributed by atoms with Crippen LogP contribution >= 0.6 is 0 Å². The molecule has 0 aromatic carbocycles. The van der Waals surface area contributed by atoms with Gasteiger partial charge in [-0.1, -0.05) is 0 Å². The molecule has 1 aromatic heterocycles. The zero-order valence-electron chi connectivity index (χ0n) is 8.33. The van der Waals surface area contributed by atoms with E-state index in [4.69, 9.17) is 0 Å². The third kappa shape index (κ3) is 2.21. The minimum Gasteiger partial charge on any atom is -0.385 e. The fraction of sp³-hybridized carbons (Fsp3) is 0.500. The van der Waals surface area contributed by atoms with Crippen molar-refractivity contribution in [3.8, 4) is 0 Å². The molecule has 1 aromatic rings. The van der Waals surface area contributed by atoms with Crippen LogP contribution in [0.25, 0.3) is 0 Å². The molecule has 4 nitrogen and oxygen atoms in total. The van der Waals surface area contributed by atoms with Crippen LogP contribution in [0.2, 0.25) is 0 Å². The van der Waals surface area contributed by atoms with Gasteiger partial charge in [-0.3, -0.25) is 15.8 Å². The quantitative estimate of drug-likeness (QED) is 0.656. The number of hydrazine groups is 1. The second-order valence-corrected chi connectivity index (χ2v) is 3.69. The van der Waals surface area contributed by atoms with E-state index in [9.17, 15) is 0 Å². The Morgan fingerprint density at radius 2 is 2.29 bits per heavy atom. The van der Waals surface area contributed by atoms with Gasteiger partial charge in [0, 0.05) is 43.1 Å². The molecule has 1 fully saturated rings. The molecule has 4 heteroatoms. The standard InChI is InChI=1S/C10H16N4/c1-8-9(7-13-14-8)6-12-10-2-4-11-5-3-10/h2-5,8-9,13-14H,6-7H2,1H3,(H,11,12). The van der Waals surface area contributed by atoms with Gasteiger partial charge in [0.25, 0.3) is 0 Å². The molecular formula is C10H16N4. The Labute approximate surface area is 84.1 Å². The minimum absolute atomic E-state index is 0.532. The molecule has 2 rings (SSSR count). The number of pyridine rings is 1. The predicted molar refractivity (Wildman–Crippen MR) is 56.8 cm³/mol. The highest BCUT2D eigenvalue weighted by molar-refractivity contribution is 5.40. The van der Waals surface area contributed by atoms with Crippen LogP contribution in [0.1, 0.15) is 6.92 Å². The highest BCUT2D eigenvalue weighted by atomic mass is 15.4. The third-order valence-electron chi connectivity index (χ3n) is 2.65. The van der Waals surface area contributed by atoms with E-state index in [0.717, 1.165) is 18.8 Å². The van der Waals surface area contributed by atoms with E-state index in [1.807, 2.05) is 12.1 Å². The molecule has 0 amide bonds. The normalized spacial score (nSPS) is 26.4. The van der Waals surface area contributed by atoms with Gasteiger partial charge in [0.05, 0.1) is 0 Å². The average Bonchev–Trinajstić information content (AvgIpc) is 2.63. The van der Waals surface area contributed by atoms with Gasteiger partial charge >= 0.3 is 0 Å². The van der Waals surface area contributed by atoms with Gasteiger partial charge < -0.3 is 5.32 Å². The maximum Gasteiger partial charge on any atom is 0.0371 e. The van der Waals surface area contributed by atoms with Crippen LogP contribution in [0.15, 0.2) is 24.5 Å². The van der Waals surface area contributed by atoms with Gasteiger partial charge in [-0.2, -0.15) is 0 Å². The lowest BCUT2D eigenvalue weighted by Gasteiger charge is -2.14. The van der Waals surface area contributed by atoms with Crippen LogP contribution in [-0.4, -0.2) is 24.1 Å². The molecule has 76 valence electrons. The monoisotopic (exact) mass is 192 g/mol. The summed E-state index contributed by atoms with van der Waals surface area (Å²) < 4.78 is 0. The second-order valence-electron chi connectivity index (χ2n) is 3.69. The summed E-state index contributed by atoms with van der Waals surface area (Å²) in [6.07, 6.45) is 3.60. The number of hydrogen-bond donors (Lipinski definition) is 3. The molecular weight excluding hydrogens is 176 g/mol. The van der Waals surface area contributed by atoms with Gasteiger partial charge in [-0.05, 0) is 19.1 Å². The summed E-state index contributed by atoms with van der Waals surface area (Å²) in [5.74, 6) is 0.642. The lowest BCUT2D eigenvalue weighted by Crippen LogP contribution is -2.30. The highest BCUT2D eigenvalue weighted by Gasteiger charge is 2.21. The van der Waals surface area contributed by atoms with E-state index < -0.39 is 0 Å². The first-order valence-electron chi connectivity index (χ1n) is 4.98. The van der Waals surface area contributed by atoms with Crippen LogP contribution in [0.3, 0.4) is 0 Å².